The standard InChI is InChI=1S/C23H32N2O7/c1-13(27)25-18-8-5-14-9-19(29-2)22(30-3)23(31-4)21(14)16-7-6-15(10-17(16)18)32-12-24-20(28)11-26/h6-7,9-10,18-19,21-23,26H,5,8,11-12H2,1-4H3,(H,24,28)(H,25,27). The Morgan fingerprint density at radius 3 is 2.47 bits per heavy atom. The first-order chi connectivity index (χ1) is 15.4. The van der Waals surface area contributed by atoms with Gasteiger partial charge in [-0.15, -0.1) is 0 Å². The number of aliphatic hydroxyl groups excluding tert-OH is 1. The van der Waals surface area contributed by atoms with Gasteiger partial charge in [0.05, 0.1) is 12.1 Å². The number of benzene rings is 1. The molecule has 176 valence electrons. The van der Waals surface area contributed by atoms with Crippen LogP contribution >= 0.6 is 0 Å². The first-order valence-corrected chi connectivity index (χ1v) is 10.6. The quantitative estimate of drug-likeness (QED) is 0.404. The molecule has 32 heavy (non-hydrogen) atoms. The summed E-state index contributed by atoms with van der Waals surface area (Å²) in [6, 6.07) is 5.49. The molecule has 5 unspecified atom stereocenters. The molecule has 2 amide bonds. The Bertz CT molecular complexity index is 857. The molecule has 0 aliphatic heterocycles. The highest BCUT2D eigenvalue weighted by molar-refractivity contribution is 5.76. The van der Waals surface area contributed by atoms with E-state index < -0.39 is 12.5 Å². The number of amides is 2. The lowest BCUT2D eigenvalue weighted by molar-refractivity contribution is -0.124. The molecule has 0 saturated carbocycles. The Morgan fingerprint density at radius 1 is 1.09 bits per heavy atom. The molecule has 0 saturated heterocycles. The van der Waals surface area contributed by atoms with Crippen LogP contribution in [0.4, 0.5) is 0 Å². The number of hydrogen-bond donors (Lipinski definition) is 3. The van der Waals surface area contributed by atoms with Gasteiger partial charge in [0.25, 0.3) is 0 Å². The number of carbonyl (C=O) groups excluding carboxylic acids is 2. The zero-order valence-electron chi connectivity index (χ0n) is 18.9. The Kier molecular flexibility index (Phi) is 8.25. The number of methoxy groups -OCH3 is 3. The van der Waals surface area contributed by atoms with E-state index in [1.54, 1.807) is 21.3 Å². The fourth-order valence-corrected chi connectivity index (χ4v) is 4.70. The highest BCUT2D eigenvalue weighted by Gasteiger charge is 2.44. The van der Waals surface area contributed by atoms with Crippen molar-refractivity contribution in [3.05, 3.63) is 41.0 Å². The molecule has 0 spiro atoms. The smallest absolute Gasteiger partial charge is 0.248 e. The second kappa shape index (κ2) is 10.9. The minimum absolute atomic E-state index is 0.0618. The summed E-state index contributed by atoms with van der Waals surface area (Å²) in [7, 11) is 4.98. The molecular formula is C23H32N2O7. The van der Waals surface area contributed by atoms with E-state index in [1.165, 1.54) is 12.5 Å². The summed E-state index contributed by atoms with van der Waals surface area (Å²) in [5, 5.41) is 14.3. The SMILES string of the molecule is COC1C=C2CCC(NC(C)=O)c3cc(OCNC(=O)CO)ccc3C2C(OC)C1OC. The predicted molar refractivity (Wildman–Crippen MR) is 116 cm³/mol. The van der Waals surface area contributed by atoms with E-state index in [0.717, 1.165) is 17.5 Å². The number of hydrogen-bond acceptors (Lipinski definition) is 7. The fraction of sp³-hybridized carbons (Fsp3) is 0.565. The topological polar surface area (TPSA) is 115 Å². The maximum Gasteiger partial charge on any atom is 0.248 e. The van der Waals surface area contributed by atoms with Crippen molar-refractivity contribution in [3.8, 4) is 5.75 Å². The minimum atomic E-state index is -0.601. The summed E-state index contributed by atoms with van der Waals surface area (Å²) in [5.41, 5.74) is 3.16. The molecule has 1 aromatic carbocycles. The highest BCUT2D eigenvalue weighted by Crippen LogP contribution is 2.46. The Morgan fingerprint density at radius 2 is 1.84 bits per heavy atom. The maximum atomic E-state index is 11.9. The zero-order valence-corrected chi connectivity index (χ0v) is 18.9. The summed E-state index contributed by atoms with van der Waals surface area (Å²) in [6.07, 6.45) is 2.81. The molecule has 0 radical (unpaired) electrons. The van der Waals surface area contributed by atoms with Gasteiger partial charge in [-0.3, -0.25) is 9.59 Å². The number of rotatable bonds is 8. The van der Waals surface area contributed by atoms with Crippen LogP contribution in [-0.2, 0) is 23.8 Å². The first-order valence-electron chi connectivity index (χ1n) is 10.6. The third kappa shape index (κ3) is 5.12. The Balaban J connectivity index is 2.01. The average Bonchev–Trinajstić information content (AvgIpc) is 2.94. The van der Waals surface area contributed by atoms with Gasteiger partial charge >= 0.3 is 0 Å². The monoisotopic (exact) mass is 448 g/mol. The fourth-order valence-electron chi connectivity index (χ4n) is 4.70. The molecule has 1 aromatic rings. The number of carbonyl (C=O) groups is 2. The van der Waals surface area contributed by atoms with Crippen LogP contribution in [0.25, 0.3) is 0 Å². The summed E-state index contributed by atoms with van der Waals surface area (Å²) >= 11 is 0. The lowest BCUT2D eigenvalue weighted by Crippen LogP contribution is -2.47. The van der Waals surface area contributed by atoms with Crippen LogP contribution in [0, 0.1) is 0 Å². The molecule has 0 heterocycles. The van der Waals surface area contributed by atoms with Gasteiger partial charge in [0.15, 0.2) is 6.73 Å². The largest absolute Gasteiger partial charge is 0.473 e. The molecule has 0 aromatic heterocycles. The lowest BCUT2D eigenvalue weighted by Gasteiger charge is -2.40. The lowest BCUT2D eigenvalue weighted by atomic mass is 9.76. The molecule has 0 fully saturated rings. The van der Waals surface area contributed by atoms with Crippen LogP contribution in [0.5, 0.6) is 5.75 Å². The second-order valence-corrected chi connectivity index (χ2v) is 7.95. The van der Waals surface area contributed by atoms with Crippen LogP contribution in [0.15, 0.2) is 29.8 Å². The van der Waals surface area contributed by atoms with E-state index in [9.17, 15) is 9.59 Å². The third-order valence-corrected chi connectivity index (χ3v) is 6.09. The van der Waals surface area contributed by atoms with E-state index in [2.05, 4.69) is 16.7 Å². The van der Waals surface area contributed by atoms with Crippen molar-refractivity contribution in [3.63, 3.8) is 0 Å². The predicted octanol–water partition coefficient (Wildman–Crippen LogP) is 1.17. The Labute approximate surface area is 188 Å². The van der Waals surface area contributed by atoms with E-state index in [-0.39, 0.29) is 42.9 Å². The van der Waals surface area contributed by atoms with E-state index in [1.807, 2.05) is 18.2 Å². The molecule has 9 heteroatoms. The van der Waals surface area contributed by atoms with Crippen molar-refractivity contribution in [2.45, 2.75) is 50.0 Å². The van der Waals surface area contributed by atoms with Crippen molar-refractivity contribution < 1.29 is 33.6 Å². The van der Waals surface area contributed by atoms with Gasteiger partial charge in [0.2, 0.25) is 11.8 Å². The van der Waals surface area contributed by atoms with Crippen molar-refractivity contribution >= 4 is 11.8 Å². The molecule has 2 aliphatic carbocycles. The highest BCUT2D eigenvalue weighted by atomic mass is 16.6. The van der Waals surface area contributed by atoms with Gasteiger partial charge in [-0.25, -0.2) is 0 Å². The van der Waals surface area contributed by atoms with Gasteiger partial charge in [-0.1, -0.05) is 17.7 Å². The molecule has 3 rings (SSSR count). The second-order valence-electron chi connectivity index (χ2n) is 7.95. The summed E-state index contributed by atoms with van der Waals surface area (Å²) in [5.74, 6) is -0.149. The van der Waals surface area contributed by atoms with Crippen LogP contribution in [0.3, 0.4) is 0 Å². The molecule has 0 bridgehead atoms. The number of nitrogens with one attached hydrogen (secondary N) is 2. The van der Waals surface area contributed by atoms with E-state index in [4.69, 9.17) is 24.1 Å². The van der Waals surface area contributed by atoms with Crippen molar-refractivity contribution in [2.75, 3.05) is 34.7 Å². The van der Waals surface area contributed by atoms with E-state index in [0.29, 0.717) is 12.2 Å². The summed E-state index contributed by atoms with van der Waals surface area (Å²) in [6.45, 7) is 0.831. The van der Waals surface area contributed by atoms with Crippen LogP contribution < -0.4 is 15.4 Å². The molecule has 5 atom stereocenters. The summed E-state index contributed by atoms with van der Waals surface area (Å²) in [4.78, 5) is 23.2. The van der Waals surface area contributed by atoms with Crippen molar-refractivity contribution in [2.24, 2.45) is 0 Å². The van der Waals surface area contributed by atoms with Gasteiger partial charge in [0.1, 0.15) is 24.6 Å². The van der Waals surface area contributed by atoms with Crippen LogP contribution in [0.1, 0.15) is 42.9 Å². The van der Waals surface area contributed by atoms with Gasteiger partial charge in [-0.05, 0) is 36.1 Å². The van der Waals surface area contributed by atoms with Gasteiger partial charge in [-0.2, -0.15) is 0 Å². The van der Waals surface area contributed by atoms with Gasteiger partial charge < -0.3 is 34.7 Å². The number of aliphatic hydroxyl groups is 1. The molecule has 3 N–H and O–H groups in total. The van der Waals surface area contributed by atoms with E-state index >= 15 is 0 Å². The van der Waals surface area contributed by atoms with Gasteiger partial charge in [0, 0.05) is 34.2 Å². The maximum absolute atomic E-state index is 11.9. The number of ether oxygens (including phenoxy) is 4. The third-order valence-electron chi connectivity index (χ3n) is 6.09. The molecule has 9 nitrogen and oxygen atoms in total. The average molecular weight is 449 g/mol. The Hall–Kier alpha value is -2.46. The number of fused-ring (bicyclic) bond motifs is 3. The normalized spacial score (nSPS) is 26.8. The van der Waals surface area contributed by atoms with Crippen LogP contribution in [-0.4, -0.2) is 69.9 Å². The van der Waals surface area contributed by atoms with Crippen molar-refractivity contribution in [1.29, 1.82) is 0 Å². The van der Waals surface area contributed by atoms with Crippen LogP contribution in [0.2, 0.25) is 0 Å². The first kappa shape index (κ1) is 24.2. The summed E-state index contributed by atoms with van der Waals surface area (Å²) < 4.78 is 23.0. The molecule has 2 aliphatic rings. The minimum Gasteiger partial charge on any atom is -0.473 e. The zero-order chi connectivity index (χ0) is 23.3. The molecular weight excluding hydrogens is 416 g/mol. The van der Waals surface area contributed by atoms with Crippen molar-refractivity contribution in [1.82, 2.24) is 10.6 Å².